The number of hydrogen-bond donors (Lipinski definition) is 3. The van der Waals surface area contributed by atoms with Crippen molar-refractivity contribution in [3.05, 3.63) is 35.1 Å². The van der Waals surface area contributed by atoms with Crippen molar-refractivity contribution in [3.8, 4) is 0 Å². The largest absolute Gasteiger partial charge is 0.409 e. The van der Waals surface area contributed by atoms with Gasteiger partial charge in [0.05, 0.1) is 5.56 Å². The molecular weight excluding hydrogens is 235 g/mol. The normalized spacial score (nSPS) is 12.1. The van der Waals surface area contributed by atoms with Crippen molar-refractivity contribution in [1.29, 1.82) is 0 Å². The first-order valence-electron chi connectivity index (χ1n) is 5.67. The molecule has 1 aromatic carbocycles. The van der Waals surface area contributed by atoms with Crippen molar-refractivity contribution in [1.82, 2.24) is 10.2 Å². The first-order chi connectivity index (χ1) is 8.56. The molecule has 0 spiro atoms. The van der Waals surface area contributed by atoms with Crippen LogP contribution < -0.4 is 11.1 Å². The molecule has 0 saturated heterocycles. The predicted octanol–water partition coefficient (Wildman–Crippen LogP) is 0.571. The van der Waals surface area contributed by atoms with Gasteiger partial charge >= 0.3 is 0 Å². The summed E-state index contributed by atoms with van der Waals surface area (Å²) in [6, 6.07) is 4.83. The fraction of sp³-hybridized carbons (Fsp3) is 0.417. The first-order valence-corrected chi connectivity index (χ1v) is 5.67. The van der Waals surface area contributed by atoms with Gasteiger partial charge in [-0.15, -0.1) is 0 Å². The highest BCUT2D eigenvalue weighted by Gasteiger charge is 2.10. The zero-order chi connectivity index (χ0) is 13.5. The molecule has 0 aliphatic heterocycles. The van der Waals surface area contributed by atoms with Crippen molar-refractivity contribution < 1.29 is 9.60 Å². The van der Waals surface area contributed by atoms with Crippen LogP contribution in [0.25, 0.3) is 0 Å². The minimum atomic E-state index is -0.454. The van der Waals surface area contributed by atoms with Crippen LogP contribution in [0.2, 0.25) is 0 Å². The maximum Gasteiger partial charge on any atom is 0.173 e. The molecule has 0 bridgehead atoms. The number of rotatable bonds is 6. The Morgan fingerprint density at radius 1 is 1.50 bits per heavy atom. The summed E-state index contributed by atoms with van der Waals surface area (Å²) in [4.78, 5) is 2.04. The van der Waals surface area contributed by atoms with E-state index in [1.54, 1.807) is 12.1 Å². The smallest absolute Gasteiger partial charge is 0.173 e. The minimum absolute atomic E-state index is 0.115. The van der Waals surface area contributed by atoms with Crippen LogP contribution in [0.1, 0.15) is 11.1 Å². The lowest BCUT2D eigenvalue weighted by atomic mass is 10.1. The van der Waals surface area contributed by atoms with Gasteiger partial charge < -0.3 is 21.2 Å². The summed E-state index contributed by atoms with van der Waals surface area (Å²) in [6.45, 7) is 2.05. The van der Waals surface area contributed by atoms with E-state index in [4.69, 9.17) is 10.9 Å². The van der Waals surface area contributed by atoms with Gasteiger partial charge in [-0.05, 0) is 20.2 Å². The molecule has 0 aliphatic carbocycles. The quantitative estimate of drug-likeness (QED) is 0.228. The zero-order valence-electron chi connectivity index (χ0n) is 10.7. The zero-order valence-corrected chi connectivity index (χ0v) is 10.7. The molecule has 1 aromatic rings. The molecule has 0 fully saturated rings. The second-order valence-corrected chi connectivity index (χ2v) is 4.24. The van der Waals surface area contributed by atoms with Crippen LogP contribution in [0.3, 0.4) is 0 Å². The second kappa shape index (κ2) is 6.93. The van der Waals surface area contributed by atoms with Crippen LogP contribution in [0.15, 0.2) is 23.4 Å². The molecule has 18 heavy (non-hydrogen) atoms. The molecule has 0 unspecified atom stereocenters. The van der Waals surface area contributed by atoms with Gasteiger partial charge in [0.25, 0.3) is 0 Å². The molecule has 5 nitrogen and oxygen atoms in total. The summed E-state index contributed by atoms with van der Waals surface area (Å²) in [5, 5.41) is 14.5. The van der Waals surface area contributed by atoms with Gasteiger partial charge in [-0.2, -0.15) is 0 Å². The van der Waals surface area contributed by atoms with E-state index >= 15 is 0 Å². The lowest BCUT2D eigenvalue weighted by molar-refractivity contribution is 0.318. The molecule has 1 rings (SSSR count). The average Bonchev–Trinajstić information content (AvgIpc) is 2.35. The number of nitrogens with two attached hydrogens (primary N) is 1. The van der Waals surface area contributed by atoms with Crippen molar-refractivity contribution in [3.63, 3.8) is 0 Å². The van der Waals surface area contributed by atoms with Crippen LogP contribution in [0.4, 0.5) is 4.39 Å². The van der Waals surface area contributed by atoms with Crippen molar-refractivity contribution in [2.45, 2.75) is 6.54 Å². The molecule has 100 valence electrons. The van der Waals surface area contributed by atoms with Gasteiger partial charge in [-0.3, -0.25) is 0 Å². The van der Waals surface area contributed by atoms with Gasteiger partial charge in [0.1, 0.15) is 5.82 Å². The number of nitrogens with one attached hydrogen (secondary N) is 1. The number of likely N-dealkylation sites (N-methyl/N-ethyl adjacent to an activating group) is 1. The van der Waals surface area contributed by atoms with E-state index in [9.17, 15) is 4.39 Å². The lowest BCUT2D eigenvalue weighted by Crippen LogP contribution is -2.26. The molecule has 0 aliphatic rings. The summed E-state index contributed by atoms with van der Waals surface area (Å²) < 4.78 is 14.0. The Bertz CT molecular complexity index is 421. The Balaban J connectivity index is 2.67. The number of benzene rings is 1. The number of nitrogens with zero attached hydrogens (tertiary/aromatic N) is 2. The molecule has 0 amide bonds. The van der Waals surface area contributed by atoms with Crippen LogP contribution in [0, 0.1) is 5.82 Å². The molecule has 0 saturated carbocycles. The maximum absolute atomic E-state index is 14.0. The topological polar surface area (TPSA) is 73.9 Å². The summed E-state index contributed by atoms with van der Waals surface area (Å²) in [5.74, 6) is -0.673. The Kier molecular flexibility index (Phi) is 5.54. The molecule has 0 radical (unpaired) electrons. The van der Waals surface area contributed by atoms with E-state index < -0.39 is 5.82 Å². The summed E-state index contributed by atoms with van der Waals surface area (Å²) in [5.41, 5.74) is 6.00. The predicted molar refractivity (Wildman–Crippen MR) is 69.2 cm³/mol. The van der Waals surface area contributed by atoms with E-state index in [1.165, 1.54) is 6.07 Å². The van der Waals surface area contributed by atoms with Crippen molar-refractivity contribution in [2.24, 2.45) is 10.9 Å². The number of hydrogen-bond acceptors (Lipinski definition) is 4. The molecule has 0 atom stereocenters. The number of amidine groups is 1. The average molecular weight is 254 g/mol. The number of halogens is 1. The van der Waals surface area contributed by atoms with E-state index in [2.05, 4.69) is 10.5 Å². The van der Waals surface area contributed by atoms with Crippen LogP contribution >= 0.6 is 0 Å². The minimum Gasteiger partial charge on any atom is -0.409 e. The summed E-state index contributed by atoms with van der Waals surface area (Å²) >= 11 is 0. The Labute approximate surface area is 106 Å². The van der Waals surface area contributed by atoms with Gasteiger partial charge in [0, 0.05) is 25.2 Å². The maximum atomic E-state index is 14.0. The molecule has 0 heterocycles. The first kappa shape index (κ1) is 14.4. The fourth-order valence-electron chi connectivity index (χ4n) is 1.49. The third kappa shape index (κ3) is 3.97. The summed E-state index contributed by atoms with van der Waals surface area (Å²) in [6.07, 6.45) is 0. The standard InChI is InChI=1S/C12H19FN4O/c1-17(2)7-6-15-8-9-4-3-5-10(11(9)13)12(14)16-18/h3-5,15,18H,6-8H2,1-2H3,(H2,14,16). The van der Waals surface area contributed by atoms with Gasteiger partial charge in [0.2, 0.25) is 0 Å². The highest BCUT2D eigenvalue weighted by molar-refractivity contribution is 5.97. The summed E-state index contributed by atoms with van der Waals surface area (Å²) in [7, 11) is 3.95. The molecule has 6 heteroatoms. The Hall–Kier alpha value is -1.66. The lowest BCUT2D eigenvalue weighted by Gasteiger charge is -2.11. The molecular formula is C12H19FN4O. The third-order valence-electron chi connectivity index (χ3n) is 2.51. The van der Waals surface area contributed by atoms with E-state index in [1.807, 2.05) is 19.0 Å². The molecule has 0 aromatic heterocycles. The Morgan fingerprint density at radius 2 is 2.22 bits per heavy atom. The van der Waals surface area contributed by atoms with Crippen LogP contribution in [-0.4, -0.2) is 43.1 Å². The third-order valence-corrected chi connectivity index (χ3v) is 2.51. The monoisotopic (exact) mass is 254 g/mol. The van der Waals surface area contributed by atoms with Crippen molar-refractivity contribution >= 4 is 5.84 Å². The van der Waals surface area contributed by atoms with Gasteiger partial charge in [-0.1, -0.05) is 17.3 Å². The van der Waals surface area contributed by atoms with Crippen LogP contribution in [0.5, 0.6) is 0 Å². The van der Waals surface area contributed by atoms with Gasteiger partial charge in [-0.25, -0.2) is 4.39 Å². The van der Waals surface area contributed by atoms with E-state index in [0.717, 1.165) is 13.1 Å². The second-order valence-electron chi connectivity index (χ2n) is 4.24. The van der Waals surface area contributed by atoms with Crippen LogP contribution in [-0.2, 0) is 6.54 Å². The van der Waals surface area contributed by atoms with Gasteiger partial charge in [0.15, 0.2) is 5.84 Å². The highest BCUT2D eigenvalue weighted by atomic mass is 19.1. The SMILES string of the molecule is CN(C)CCNCc1cccc(/C(N)=N/O)c1F. The Morgan fingerprint density at radius 3 is 2.83 bits per heavy atom. The molecule has 4 N–H and O–H groups in total. The van der Waals surface area contributed by atoms with E-state index in [0.29, 0.717) is 12.1 Å². The fourth-order valence-corrected chi connectivity index (χ4v) is 1.49. The van der Waals surface area contributed by atoms with Crippen molar-refractivity contribution in [2.75, 3.05) is 27.2 Å². The number of oxime groups is 1. The highest BCUT2D eigenvalue weighted by Crippen LogP contribution is 2.12. The van der Waals surface area contributed by atoms with E-state index in [-0.39, 0.29) is 11.4 Å².